The topological polar surface area (TPSA) is 98.8 Å². The standard InChI is InChI=1S/C15H18ClNO6S/c1-9(14(18)17-11-5-6-24(20,21)8-11)23-15(19)12-7-10(16)3-4-13(12)22-2/h3-4,7,9,11H,5-6,8H2,1-2H3,(H,17,18)/t9-,11-/m1/s1. The summed E-state index contributed by atoms with van der Waals surface area (Å²) < 4.78 is 33.0. The number of ether oxygens (including phenoxy) is 2. The number of hydrogen-bond donors (Lipinski definition) is 1. The van der Waals surface area contributed by atoms with E-state index in [1.165, 1.54) is 26.2 Å². The Morgan fingerprint density at radius 2 is 2.08 bits per heavy atom. The molecule has 0 aromatic heterocycles. The number of carbonyl (C=O) groups excluding carboxylic acids is 2. The van der Waals surface area contributed by atoms with E-state index >= 15 is 0 Å². The van der Waals surface area contributed by atoms with Crippen molar-refractivity contribution in [2.24, 2.45) is 0 Å². The van der Waals surface area contributed by atoms with Crippen molar-refractivity contribution in [1.82, 2.24) is 5.32 Å². The molecule has 0 spiro atoms. The van der Waals surface area contributed by atoms with Crippen LogP contribution in [-0.2, 0) is 19.4 Å². The summed E-state index contributed by atoms with van der Waals surface area (Å²) in [6, 6.07) is 4.02. The Balaban J connectivity index is 1.98. The number of halogens is 1. The molecular formula is C15H18ClNO6S. The third-order valence-corrected chi connectivity index (χ3v) is 5.62. The maximum Gasteiger partial charge on any atom is 0.342 e. The molecule has 1 aromatic carbocycles. The van der Waals surface area contributed by atoms with Gasteiger partial charge in [-0.3, -0.25) is 4.79 Å². The summed E-state index contributed by atoms with van der Waals surface area (Å²) in [7, 11) is -1.70. The second-order valence-corrected chi connectivity index (χ2v) is 8.17. The van der Waals surface area contributed by atoms with Gasteiger partial charge in [0.25, 0.3) is 5.91 Å². The number of esters is 1. The van der Waals surface area contributed by atoms with E-state index in [1.807, 2.05) is 0 Å². The number of rotatable bonds is 5. The minimum absolute atomic E-state index is 0.0474. The lowest BCUT2D eigenvalue weighted by Crippen LogP contribution is -2.42. The minimum atomic E-state index is -3.10. The quantitative estimate of drug-likeness (QED) is 0.776. The van der Waals surface area contributed by atoms with E-state index in [0.717, 1.165) is 0 Å². The molecule has 1 aromatic rings. The van der Waals surface area contributed by atoms with Crippen molar-refractivity contribution in [3.05, 3.63) is 28.8 Å². The molecule has 0 saturated carbocycles. The van der Waals surface area contributed by atoms with Gasteiger partial charge >= 0.3 is 5.97 Å². The summed E-state index contributed by atoms with van der Waals surface area (Å²) in [5.74, 6) is -1.07. The smallest absolute Gasteiger partial charge is 0.342 e. The molecule has 0 aliphatic carbocycles. The van der Waals surface area contributed by atoms with E-state index in [1.54, 1.807) is 6.07 Å². The van der Waals surface area contributed by atoms with E-state index in [4.69, 9.17) is 21.1 Å². The summed E-state index contributed by atoms with van der Waals surface area (Å²) in [6.45, 7) is 1.41. The van der Waals surface area contributed by atoms with Crippen LogP contribution in [-0.4, -0.2) is 51.1 Å². The first-order valence-electron chi connectivity index (χ1n) is 7.27. The highest BCUT2D eigenvalue weighted by Gasteiger charge is 2.31. The fraction of sp³-hybridized carbons (Fsp3) is 0.467. The van der Waals surface area contributed by atoms with Gasteiger partial charge in [0.2, 0.25) is 0 Å². The van der Waals surface area contributed by atoms with Crippen molar-refractivity contribution >= 4 is 33.3 Å². The molecule has 2 rings (SSSR count). The van der Waals surface area contributed by atoms with Gasteiger partial charge in [0.1, 0.15) is 11.3 Å². The minimum Gasteiger partial charge on any atom is -0.496 e. The second-order valence-electron chi connectivity index (χ2n) is 5.50. The molecule has 1 aliphatic rings. The van der Waals surface area contributed by atoms with Crippen LogP contribution < -0.4 is 10.1 Å². The summed E-state index contributed by atoms with van der Waals surface area (Å²) in [5.41, 5.74) is 0.105. The third kappa shape index (κ3) is 4.61. The molecule has 1 N–H and O–H groups in total. The van der Waals surface area contributed by atoms with Crippen LogP contribution in [0.2, 0.25) is 5.02 Å². The van der Waals surface area contributed by atoms with E-state index in [0.29, 0.717) is 11.4 Å². The molecule has 1 aliphatic heterocycles. The Morgan fingerprint density at radius 1 is 1.38 bits per heavy atom. The molecule has 1 saturated heterocycles. The zero-order valence-corrected chi connectivity index (χ0v) is 14.8. The summed E-state index contributed by atoms with van der Waals surface area (Å²) in [5, 5.41) is 2.91. The second kappa shape index (κ2) is 7.40. The molecule has 7 nitrogen and oxygen atoms in total. The monoisotopic (exact) mass is 375 g/mol. The Hall–Kier alpha value is -1.80. The number of sulfone groups is 1. The number of hydrogen-bond acceptors (Lipinski definition) is 6. The number of nitrogens with one attached hydrogen (secondary N) is 1. The van der Waals surface area contributed by atoms with Crippen molar-refractivity contribution in [1.29, 1.82) is 0 Å². The van der Waals surface area contributed by atoms with Gasteiger partial charge in [-0.25, -0.2) is 13.2 Å². The van der Waals surface area contributed by atoms with Gasteiger partial charge < -0.3 is 14.8 Å². The SMILES string of the molecule is COc1ccc(Cl)cc1C(=O)O[C@H](C)C(=O)N[C@@H]1CCS(=O)(=O)C1. The Labute approximate surface area is 145 Å². The van der Waals surface area contributed by atoms with Gasteiger partial charge in [0, 0.05) is 11.1 Å². The highest BCUT2D eigenvalue weighted by Crippen LogP contribution is 2.23. The number of carbonyl (C=O) groups is 2. The van der Waals surface area contributed by atoms with Crippen LogP contribution in [0.5, 0.6) is 5.75 Å². The molecule has 0 radical (unpaired) electrons. The average Bonchev–Trinajstić information content (AvgIpc) is 2.85. The first-order chi connectivity index (χ1) is 11.2. The lowest BCUT2D eigenvalue weighted by Gasteiger charge is -2.17. The van der Waals surface area contributed by atoms with Crippen LogP contribution in [0.1, 0.15) is 23.7 Å². The number of methoxy groups -OCH3 is 1. The Kier molecular flexibility index (Phi) is 5.71. The van der Waals surface area contributed by atoms with Crippen molar-refractivity contribution < 1.29 is 27.5 Å². The van der Waals surface area contributed by atoms with Gasteiger partial charge in [0.15, 0.2) is 15.9 Å². The van der Waals surface area contributed by atoms with Gasteiger partial charge in [-0.1, -0.05) is 11.6 Å². The van der Waals surface area contributed by atoms with E-state index in [-0.39, 0.29) is 22.8 Å². The van der Waals surface area contributed by atoms with E-state index in [2.05, 4.69) is 5.32 Å². The predicted octanol–water partition coefficient (Wildman–Crippen LogP) is 1.20. The third-order valence-electron chi connectivity index (χ3n) is 3.61. The van der Waals surface area contributed by atoms with Crippen molar-refractivity contribution in [2.45, 2.75) is 25.5 Å². The molecule has 1 heterocycles. The van der Waals surface area contributed by atoms with Gasteiger partial charge in [0.05, 0.1) is 18.6 Å². The molecule has 1 fully saturated rings. The van der Waals surface area contributed by atoms with Crippen LogP contribution in [0.4, 0.5) is 0 Å². The molecule has 9 heteroatoms. The zero-order chi connectivity index (χ0) is 17.9. The summed E-state index contributed by atoms with van der Waals surface area (Å²) in [6.07, 6.45) is -0.721. The van der Waals surface area contributed by atoms with Crippen LogP contribution in [0, 0.1) is 0 Å². The zero-order valence-electron chi connectivity index (χ0n) is 13.2. The van der Waals surface area contributed by atoms with Crippen molar-refractivity contribution in [3.8, 4) is 5.75 Å². The van der Waals surface area contributed by atoms with Gasteiger partial charge in [-0.2, -0.15) is 0 Å². The van der Waals surface area contributed by atoms with Crippen LogP contribution in [0.3, 0.4) is 0 Å². The van der Waals surface area contributed by atoms with E-state index in [9.17, 15) is 18.0 Å². The van der Waals surface area contributed by atoms with Gasteiger partial charge in [-0.05, 0) is 31.5 Å². The maximum absolute atomic E-state index is 12.2. The first-order valence-corrected chi connectivity index (χ1v) is 9.47. The highest BCUT2D eigenvalue weighted by atomic mass is 35.5. The van der Waals surface area contributed by atoms with Crippen molar-refractivity contribution in [3.63, 3.8) is 0 Å². The fourth-order valence-electron chi connectivity index (χ4n) is 2.34. The molecule has 0 bridgehead atoms. The molecule has 2 atom stereocenters. The first kappa shape index (κ1) is 18.5. The number of benzene rings is 1. The van der Waals surface area contributed by atoms with Crippen LogP contribution >= 0.6 is 11.6 Å². The normalized spacial score (nSPS) is 20.2. The summed E-state index contributed by atoms with van der Waals surface area (Å²) >= 11 is 5.86. The molecule has 132 valence electrons. The van der Waals surface area contributed by atoms with Crippen LogP contribution in [0.25, 0.3) is 0 Å². The highest BCUT2D eigenvalue weighted by molar-refractivity contribution is 7.91. The predicted molar refractivity (Wildman–Crippen MR) is 88.1 cm³/mol. The Morgan fingerprint density at radius 3 is 2.67 bits per heavy atom. The largest absolute Gasteiger partial charge is 0.496 e. The fourth-order valence-corrected chi connectivity index (χ4v) is 4.19. The molecule has 1 amide bonds. The molecule has 24 heavy (non-hydrogen) atoms. The number of amides is 1. The lowest BCUT2D eigenvalue weighted by molar-refractivity contribution is -0.129. The molecular weight excluding hydrogens is 358 g/mol. The average molecular weight is 376 g/mol. The maximum atomic E-state index is 12.2. The van der Waals surface area contributed by atoms with Crippen molar-refractivity contribution in [2.75, 3.05) is 18.6 Å². The Bertz CT molecular complexity index is 748. The van der Waals surface area contributed by atoms with Crippen LogP contribution in [0.15, 0.2) is 18.2 Å². The molecule has 0 unspecified atom stereocenters. The van der Waals surface area contributed by atoms with Gasteiger partial charge in [-0.15, -0.1) is 0 Å². The van der Waals surface area contributed by atoms with E-state index < -0.39 is 33.9 Å². The lowest BCUT2D eigenvalue weighted by atomic mass is 10.2. The summed E-state index contributed by atoms with van der Waals surface area (Å²) in [4.78, 5) is 24.3.